The topological polar surface area (TPSA) is 106 Å². The molecule has 3 atom stereocenters. The number of aliphatic hydroxyl groups is 1. The number of fused-ring (bicyclic) bond motifs is 1. The molecule has 2 aromatic rings. The summed E-state index contributed by atoms with van der Waals surface area (Å²) in [7, 11) is 5.84. The van der Waals surface area contributed by atoms with Crippen LogP contribution in [0.2, 0.25) is 0 Å². The van der Waals surface area contributed by atoms with Crippen LogP contribution in [-0.2, 0) is 6.54 Å². The molecule has 0 spiro atoms. The molecule has 0 bridgehead atoms. The number of pyridine rings is 1. The number of aliphatic hydroxyl groups excluding tert-OH is 1. The van der Waals surface area contributed by atoms with Crippen LogP contribution in [0.5, 0.6) is 5.88 Å². The lowest BCUT2D eigenvalue weighted by atomic mass is 9.99. The van der Waals surface area contributed by atoms with E-state index in [1.165, 1.54) is 0 Å². The number of hydrogen-bond acceptors (Lipinski definition) is 7. The Labute approximate surface area is 218 Å². The molecule has 3 rings (SSSR count). The number of aromatic nitrogens is 1. The van der Waals surface area contributed by atoms with Crippen molar-refractivity contribution in [1.29, 1.82) is 0 Å². The third-order valence-corrected chi connectivity index (χ3v) is 6.29. The van der Waals surface area contributed by atoms with Crippen LogP contribution in [0.3, 0.4) is 0 Å². The fraction of sp³-hybridized carbons (Fsp3) is 0.464. The number of amides is 1. The average molecular weight is 509 g/mol. The summed E-state index contributed by atoms with van der Waals surface area (Å²) in [5.74, 6) is 5.15. The van der Waals surface area contributed by atoms with E-state index in [1.807, 2.05) is 39.9 Å². The Bertz CT molecular complexity index is 1160. The fourth-order valence-electron chi connectivity index (χ4n) is 4.12. The van der Waals surface area contributed by atoms with Gasteiger partial charge in [0, 0.05) is 37.3 Å². The van der Waals surface area contributed by atoms with Gasteiger partial charge in [-0.1, -0.05) is 30.9 Å². The SMILES string of the molecule is C[C@@H]1CN([C@H](C)CO)C(=O)c2cc(C#CCN(C)C)cnc2O[C@@H]1CN(C)Cc1ccc(C(=O)O)cc1. The van der Waals surface area contributed by atoms with E-state index in [0.29, 0.717) is 37.3 Å². The zero-order chi connectivity index (χ0) is 27.1. The van der Waals surface area contributed by atoms with Crippen molar-refractivity contribution in [2.24, 2.45) is 5.92 Å². The van der Waals surface area contributed by atoms with Gasteiger partial charge in [0.15, 0.2) is 0 Å². The molecule has 1 aromatic carbocycles. The van der Waals surface area contributed by atoms with Crippen molar-refractivity contribution in [2.75, 3.05) is 47.4 Å². The van der Waals surface area contributed by atoms with Crippen LogP contribution in [0.1, 0.15) is 45.7 Å². The Morgan fingerprint density at radius 1 is 1.27 bits per heavy atom. The summed E-state index contributed by atoms with van der Waals surface area (Å²) in [5, 5.41) is 19.0. The van der Waals surface area contributed by atoms with E-state index in [1.54, 1.807) is 41.4 Å². The van der Waals surface area contributed by atoms with E-state index < -0.39 is 5.97 Å². The molecule has 1 aromatic heterocycles. The number of benzene rings is 1. The third-order valence-electron chi connectivity index (χ3n) is 6.29. The number of carbonyl (C=O) groups is 2. The molecule has 9 heteroatoms. The number of rotatable bonds is 8. The highest BCUT2D eigenvalue weighted by Crippen LogP contribution is 2.27. The average Bonchev–Trinajstić information content (AvgIpc) is 2.86. The van der Waals surface area contributed by atoms with Gasteiger partial charge in [0.1, 0.15) is 11.7 Å². The van der Waals surface area contributed by atoms with Gasteiger partial charge >= 0.3 is 5.97 Å². The van der Waals surface area contributed by atoms with E-state index in [4.69, 9.17) is 9.84 Å². The van der Waals surface area contributed by atoms with Gasteiger partial charge in [-0.25, -0.2) is 9.78 Å². The molecule has 0 saturated carbocycles. The van der Waals surface area contributed by atoms with Gasteiger partial charge < -0.3 is 19.8 Å². The molecule has 1 aliphatic rings. The van der Waals surface area contributed by atoms with Crippen LogP contribution in [0.15, 0.2) is 36.5 Å². The van der Waals surface area contributed by atoms with Crippen molar-refractivity contribution < 1.29 is 24.5 Å². The standard InChI is InChI=1S/C28H36N4O5/c1-19-15-32(20(2)18-33)27(34)24-13-22(7-6-12-30(3)4)14-29-26(24)37-25(19)17-31(5)16-21-8-10-23(11-9-21)28(35)36/h8-11,13-14,19-20,25,33H,12,15-18H2,1-5H3,(H,35,36)/t19-,20-,25-/m1/s1. The minimum Gasteiger partial charge on any atom is -0.478 e. The molecule has 0 saturated heterocycles. The predicted molar refractivity (Wildman–Crippen MR) is 141 cm³/mol. The van der Waals surface area contributed by atoms with Crippen LogP contribution in [0, 0.1) is 17.8 Å². The van der Waals surface area contributed by atoms with E-state index in [0.717, 1.165) is 5.56 Å². The summed E-state index contributed by atoms with van der Waals surface area (Å²) in [4.78, 5) is 34.8. The van der Waals surface area contributed by atoms with Gasteiger partial charge in [-0.2, -0.15) is 0 Å². The lowest BCUT2D eigenvalue weighted by molar-refractivity contribution is 0.0325. The third kappa shape index (κ3) is 7.52. The monoisotopic (exact) mass is 508 g/mol. The van der Waals surface area contributed by atoms with Crippen molar-refractivity contribution in [3.63, 3.8) is 0 Å². The number of carbonyl (C=O) groups excluding carboxylic acids is 1. The lowest BCUT2D eigenvalue weighted by Gasteiger charge is -2.37. The second-order valence-corrected chi connectivity index (χ2v) is 9.94. The van der Waals surface area contributed by atoms with Crippen molar-refractivity contribution >= 4 is 11.9 Å². The number of carboxylic acids is 1. The molecular weight excluding hydrogens is 472 g/mol. The summed E-state index contributed by atoms with van der Waals surface area (Å²) in [6.45, 7) is 5.86. The molecule has 2 heterocycles. The van der Waals surface area contributed by atoms with Crippen molar-refractivity contribution in [1.82, 2.24) is 19.7 Å². The Balaban J connectivity index is 1.86. The first-order valence-electron chi connectivity index (χ1n) is 12.3. The molecule has 37 heavy (non-hydrogen) atoms. The van der Waals surface area contributed by atoms with Gasteiger partial charge in [-0.15, -0.1) is 0 Å². The van der Waals surface area contributed by atoms with Gasteiger partial charge in [0.05, 0.1) is 24.8 Å². The molecule has 9 nitrogen and oxygen atoms in total. The van der Waals surface area contributed by atoms with Crippen LogP contribution >= 0.6 is 0 Å². The number of likely N-dealkylation sites (N-methyl/N-ethyl adjacent to an activating group) is 1. The molecule has 198 valence electrons. The lowest BCUT2D eigenvalue weighted by Crippen LogP contribution is -2.49. The first-order valence-corrected chi connectivity index (χ1v) is 12.3. The molecule has 0 radical (unpaired) electrons. The first kappa shape index (κ1) is 28.1. The maximum atomic E-state index is 13.5. The number of hydrogen-bond donors (Lipinski definition) is 2. The Hall–Kier alpha value is -3.45. The molecule has 0 unspecified atom stereocenters. The Morgan fingerprint density at radius 3 is 2.59 bits per heavy atom. The van der Waals surface area contributed by atoms with Gasteiger partial charge in [0.25, 0.3) is 5.91 Å². The van der Waals surface area contributed by atoms with Crippen molar-refractivity contribution in [2.45, 2.75) is 32.5 Å². The highest BCUT2D eigenvalue weighted by Gasteiger charge is 2.34. The largest absolute Gasteiger partial charge is 0.478 e. The normalized spacial score (nSPS) is 18.4. The highest BCUT2D eigenvalue weighted by molar-refractivity contribution is 5.97. The Kier molecular flexibility index (Phi) is 9.64. The van der Waals surface area contributed by atoms with Crippen molar-refractivity contribution in [3.8, 4) is 17.7 Å². The number of ether oxygens (including phenoxy) is 1. The minimum absolute atomic E-state index is 0.0377. The van der Waals surface area contributed by atoms with Gasteiger partial charge in [0.2, 0.25) is 5.88 Å². The summed E-state index contributed by atoms with van der Waals surface area (Å²) in [6, 6.07) is 8.16. The number of carboxylic acid groups (broad SMARTS) is 1. The molecule has 0 aliphatic carbocycles. The quantitative estimate of drug-likeness (QED) is 0.522. The second-order valence-electron chi connectivity index (χ2n) is 9.94. The first-order chi connectivity index (χ1) is 17.6. The van der Waals surface area contributed by atoms with E-state index in [9.17, 15) is 14.7 Å². The minimum atomic E-state index is -0.953. The molecule has 0 fully saturated rings. The highest BCUT2D eigenvalue weighted by atomic mass is 16.5. The summed E-state index contributed by atoms with van der Waals surface area (Å²) in [5.41, 5.74) is 2.19. The van der Waals surface area contributed by atoms with Gasteiger partial charge in [-0.05, 0) is 51.8 Å². The van der Waals surface area contributed by atoms with Crippen LogP contribution in [0.4, 0.5) is 0 Å². The zero-order valence-corrected chi connectivity index (χ0v) is 22.1. The zero-order valence-electron chi connectivity index (χ0n) is 22.1. The van der Waals surface area contributed by atoms with Crippen LogP contribution in [0.25, 0.3) is 0 Å². The van der Waals surface area contributed by atoms with Crippen LogP contribution in [-0.4, -0.2) is 101 Å². The predicted octanol–water partition coefficient (Wildman–Crippen LogP) is 2.04. The second kappa shape index (κ2) is 12.7. The Morgan fingerprint density at radius 2 is 1.97 bits per heavy atom. The van der Waals surface area contributed by atoms with E-state index >= 15 is 0 Å². The van der Waals surface area contributed by atoms with Gasteiger partial charge in [-0.3, -0.25) is 14.6 Å². The summed E-state index contributed by atoms with van der Waals surface area (Å²) in [6.07, 6.45) is 1.34. The van der Waals surface area contributed by atoms with Crippen molar-refractivity contribution in [3.05, 3.63) is 58.8 Å². The summed E-state index contributed by atoms with van der Waals surface area (Å²) >= 11 is 0. The summed E-state index contributed by atoms with van der Waals surface area (Å²) < 4.78 is 6.34. The molecular formula is C28H36N4O5. The van der Waals surface area contributed by atoms with E-state index in [-0.39, 0.29) is 42.0 Å². The maximum Gasteiger partial charge on any atom is 0.335 e. The molecule has 1 amide bonds. The van der Waals surface area contributed by atoms with E-state index in [2.05, 4.69) is 21.7 Å². The van der Waals surface area contributed by atoms with Crippen LogP contribution < -0.4 is 4.74 Å². The smallest absolute Gasteiger partial charge is 0.335 e. The fourth-order valence-corrected chi connectivity index (χ4v) is 4.12. The molecule has 1 aliphatic heterocycles. The molecule has 2 N–H and O–H groups in total. The number of aromatic carboxylic acids is 1. The number of nitrogens with zero attached hydrogens (tertiary/aromatic N) is 4. The maximum absolute atomic E-state index is 13.5.